The van der Waals surface area contributed by atoms with Crippen LogP contribution in [0, 0.1) is 13.8 Å². The molecule has 0 aliphatic carbocycles. The summed E-state index contributed by atoms with van der Waals surface area (Å²) in [5.41, 5.74) is 3.32. The number of nitrogens with zero attached hydrogens (tertiary/aromatic N) is 5. The van der Waals surface area contributed by atoms with E-state index < -0.39 is 24.0 Å². The number of hydrogen-bond acceptors (Lipinski definition) is 7. The van der Waals surface area contributed by atoms with Crippen molar-refractivity contribution in [3.8, 4) is 16.9 Å². The largest absolute Gasteiger partial charge is 0.383 e. The number of methoxy groups -OCH3 is 1. The van der Waals surface area contributed by atoms with Gasteiger partial charge in [-0.25, -0.2) is 23.8 Å². The number of carbonyl (C=O) groups is 1. The van der Waals surface area contributed by atoms with Gasteiger partial charge in [-0.2, -0.15) is 10.2 Å². The summed E-state index contributed by atoms with van der Waals surface area (Å²) in [7, 11) is 1.60. The summed E-state index contributed by atoms with van der Waals surface area (Å²) in [6, 6.07) is 8.55. The molecule has 4 rings (SSSR count). The molecule has 0 saturated carbocycles. The number of aromatic nitrogens is 4. The summed E-state index contributed by atoms with van der Waals surface area (Å²) in [5.74, 6) is 0.750. The number of allylic oxidation sites excluding steroid dienone is 1. The van der Waals surface area contributed by atoms with Crippen LogP contribution in [-0.4, -0.2) is 69.8 Å². The van der Waals surface area contributed by atoms with Crippen molar-refractivity contribution in [3.63, 3.8) is 0 Å². The molecule has 2 atom stereocenters. The molecule has 2 aromatic heterocycles. The highest BCUT2D eigenvalue weighted by Gasteiger charge is 2.36. The van der Waals surface area contributed by atoms with Gasteiger partial charge in [0, 0.05) is 43.7 Å². The number of amides is 2. The number of urea groups is 1. The predicted octanol–water partition coefficient (Wildman–Crippen LogP) is 4.13. The van der Waals surface area contributed by atoms with Crippen LogP contribution in [0.4, 0.5) is 15.0 Å². The third-order valence-corrected chi connectivity index (χ3v) is 6.05. The number of benzene rings is 1. The number of anilines is 1. The molecule has 1 saturated heterocycles. The lowest BCUT2D eigenvalue weighted by atomic mass is 10.0. The van der Waals surface area contributed by atoms with Crippen LogP contribution in [0.15, 0.2) is 66.8 Å². The van der Waals surface area contributed by atoms with E-state index in [1.165, 1.54) is 13.0 Å². The standard InChI is InChI=1S/C27H32FN7O3/c1-17(13-18(2)28)25-23(16-34(38-25)11-12-37-5)31-27(36)32-26-19(3)24(21-14-29-20(4)30-15-21)33-35(26)22-9-7-6-8-10-22/h6-10,13-15,23,25H,1,11-12,16H2,2-5H3,(H2,31,32,36)/b18-13+/t23-,25+/m1/s1. The Morgan fingerprint density at radius 2 is 1.97 bits per heavy atom. The molecule has 11 heteroatoms. The number of para-hydroxylation sites is 1. The normalized spacial score (nSPS) is 18.0. The summed E-state index contributed by atoms with van der Waals surface area (Å²) < 4.78 is 20.4. The maximum Gasteiger partial charge on any atom is 0.320 e. The zero-order chi connectivity index (χ0) is 27.2. The molecule has 10 nitrogen and oxygen atoms in total. The molecule has 0 bridgehead atoms. The van der Waals surface area contributed by atoms with Crippen LogP contribution in [0.3, 0.4) is 0 Å². The van der Waals surface area contributed by atoms with Gasteiger partial charge in [-0.1, -0.05) is 24.8 Å². The predicted molar refractivity (Wildman–Crippen MR) is 142 cm³/mol. The van der Waals surface area contributed by atoms with Crippen molar-refractivity contribution in [3.05, 3.63) is 78.2 Å². The van der Waals surface area contributed by atoms with Crippen LogP contribution in [0.1, 0.15) is 18.3 Å². The van der Waals surface area contributed by atoms with Crippen LogP contribution < -0.4 is 10.6 Å². The van der Waals surface area contributed by atoms with Gasteiger partial charge in [0.05, 0.1) is 24.2 Å². The van der Waals surface area contributed by atoms with E-state index >= 15 is 0 Å². The van der Waals surface area contributed by atoms with E-state index in [0.29, 0.717) is 42.6 Å². The van der Waals surface area contributed by atoms with Gasteiger partial charge in [0.15, 0.2) is 0 Å². The molecule has 2 amide bonds. The summed E-state index contributed by atoms with van der Waals surface area (Å²) in [4.78, 5) is 27.8. The average molecular weight is 522 g/mol. The molecule has 200 valence electrons. The Balaban J connectivity index is 1.60. The Morgan fingerprint density at radius 1 is 1.26 bits per heavy atom. The molecule has 38 heavy (non-hydrogen) atoms. The Kier molecular flexibility index (Phi) is 8.62. The molecule has 1 aliphatic rings. The van der Waals surface area contributed by atoms with Crippen molar-refractivity contribution in [2.24, 2.45) is 0 Å². The minimum Gasteiger partial charge on any atom is -0.383 e. The number of carbonyl (C=O) groups excluding carboxylic acids is 1. The lowest BCUT2D eigenvalue weighted by molar-refractivity contribution is -0.141. The summed E-state index contributed by atoms with van der Waals surface area (Å²) in [6.45, 7) is 10.3. The molecule has 2 N–H and O–H groups in total. The average Bonchev–Trinajstić information content (AvgIpc) is 3.44. The number of aryl methyl sites for hydroxylation is 1. The van der Waals surface area contributed by atoms with Crippen molar-refractivity contribution in [2.75, 3.05) is 32.1 Å². The Bertz CT molecular complexity index is 1300. The minimum atomic E-state index is -0.635. The molecule has 0 spiro atoms. The fourth-order valence-electron chi connectivity index (χ4n) is 4.21. The number of hydrogen-bond donors (Lipinski definition) is 2. The summed E-state index contributed by atoms with van der Waals surface area (Å²) in [5, 5.41) is 12.4. The first-order valence-electron chi connectivity index (χ1n) is 12.2. The highest BCUT2D eigenvalue weighted by Crippen LogP contribution is 2.30. The SMILES string of the molecule is C=C(/C=C(\C)F)[C@@H]1ON(CCOC)C[C@H]1NC(=O)Nc1c(C)c(-c2cnc(C)nc2)nn1-c1ccccc1. The number of hydroxylamine groups is 2. The second-order valence-electron chi connectivity index (χ2n) is 9.01. The molecule has 0 radical (unpaired) electrons. The highest BCUT2D eigenvalue weighted by atomic mass is 19.1. The van der Waals surface area contributed by atoms with Gasteiger partial charge >= 0.3 is 6.03 Å². The van der Waals surface area contributed by atoms with Crippen LogP contribution in [0.25, 0.3) is 16.9 Å². The van der Waals surface area contributed by atoms with Crippen molar-refractivity contribution in [1.82, 2.24) is 30.1 Å². The number of ether oxygens (including phenoxy) is 1. The van der Waals surface area contributed by atoms with E-state index in [1.54, 1.807) is 29.2 Å². The third-order valence-electron chi connectivity index (χ3n) is 6.05. The van der Waals surface area contributed by atoms with Gasteiger partial charge in [0.2, 0.25) is 0 Å². The van der Waals surface area contributed by atoms with Gasteiger partial charge < -0.3 is 10.1 Å². The van der Waals surface area contributed by atoms with Gasteiger partial charge in [-0.3, -0.25) is 10.2 Å². The van der Waals surface area contributed by atoms with Gasteiger partial charge in [0.25, 0.3) is 0 Å². The fourth-order valence-corrected chi connectivity index (χ4v) is 4.21. The van der Waals surface area contributed by atoms with E-state index in [0.717, 1.165) is 16.8 Å². The lowest BCUT2D eigenvalue weighted by Crippen LogP contribution is -2.45. The fraction of sp³-hybridized carbons (Fsp3) is 0.333. The monoisotopic (exact) mass is 521 g/mol. The van der Waals surface area contributed by atoms with E-state index in [9.17, 15) is 9.18 Å². The van der Waals surface area contributed by atoms with Crippen molar-refractivity contribution in [2.45, 2.75) is 32.9 Å². The first kappa shape index (κ1) is 27.1. The molecule has 3 aromatic rings. The second kappa shape index (κ2) is 12.1. The molecular formula is C27H32FN7O3. The lowest BCUT2D eigenvalue weighted by Gasteiger charge is -2.19. The third kappa shape index (κ3) is 6.31. The van der Waals surface area contributed by atoms with E-state index in [2.05, 4.69) is 27.2 Å². The van der Waals surface area contributed by atoms with Gasteiger partial charge in [0.1, 0.15) is 23.4 Å². The molecule has 1 aromatic carbocycles. The van der Waals surface area contributed by atoms with Crippen LogP contribution in [0.5, 0.6) is 0 Å². The van der Waals surface area contributed by atoms with Crippen molar-refractivity contribution in [1.29, 1.82) is 0 Å². The first-order valence-corrected chi connectivity index (χ1v) is 12.2. The van der Waals surface area contributed by atoms with Crippen molar-refractivity contribution >= 4 is 11.8 Å². The van der Waals surface area contributed by atoms with E-state index in [4.69, 9.17) is 14.7 Å². The zero-order valence-electron chi connectivity index (χ0n) is 21.9. The number of nitrogens with one attached hydrogen (secondary N) is 2. The molecule has 3 heterocycles. The molecule has 1 aliphatic heterocycles. The Morgan fingerprint density at radius 3 is 2.63 bits per heavy atom. The quantitative estimate of drug-likeness (QED) is 0.408. The van der Waals surface area contributed by atoms with Gasteiger partial charge in [-0.05, 0) is 44.6 Å². The van der Waals surface area contributed by atoms with Crippen LogP contribution in [0.2, 0.25) is 0 Å². The topological polar surface area (TPSA) is 106 Å². The Labute approximate surface area is 221 Å². The maximum absolute atomic E-state index is 13.6. The van der Waals surface area contributed by atoms with Crippen LogP contribution >= 0.6 is 0 Å². The summed E-state index contributed by atoms with van der Waals surface area (Å²) in [6.07, 6.45) is 4.08. The molecule has 0 unspecified atom stereocenters. The number of halogens is 1. The Hall–Kier alpha value is -3.93. The van der Waals surface area contributed by atoms with Gasteiger partial charge in [-0.15, -0.1) is 0 Å². The minimum absolute atomic E-state index is 0.378. The van der Waals surface area contributed by atoms with Crippen molar-refractivity contribution < 1.29 is 18.8 Å². The number of rotatable bonds is 9. The van der Waals surface area contributed by atoms with E-state index in [-0.39, 0.29) is 0 Å². The second-order valence-corrected chi connectivity index (χ2v) is 9.01. The van der Waals surface area contributed by atoms with E-state index in [1.807, 2.05) is 44.2 Å². The molecular weight excluding hydrogens is 489 g/mol. The smallest absolute Gasteiger partial charge is 0.320 e. The zero-order valence-corrected chi connectivity index (χ0v) is 21.9. The van der Waals surface area contributed by atoms with Crippen LogP contribution in [-0.2, 0) is 9.57 Å². The summed E-state index contributed by atoms with van der Waals surface area (Å²) >= 11 is 0. The highest BCUT2D eigenvalue weighted by molar-refractivity contribution is 5.91. The maximum atomic E-state index is 13.6. The first-order chi connectivity index (χ1) is 18.3. The molecule has 1 fully saturated rings.